The Bertz CT molecular complexity index is 735. The molecule has 1 aromatic rings. The number of unbranched alkanes of at least 4 members (excludes halogenated alkanes) is 1. The van der Waals surface area contributed by atoms with Crippen LogP contribution in [0.25, 0.3) is 0 Å². The van der Waals surface area contributed by atoms with E-state index in [1.54, 1.807) is 30.3 Å². The molecule has 1 N–H and O–H groups in total. The number of carbonyl (C=O) groups is 1. The number of fused-ring (bicyclic) bond motifs is 1. The van der Waals surface area contributed by atoms with Crippen LogP contribution in [0.15, 0.2) is 47.4 Å². The summed E-state index contributed by atoms with van der Waals surface area (Å²) in [6, 6.07) is 8.48. The average Bonchev–Trinajstić information content (AvgIpc) is 3.25. The zero-order valence-corrected chi connectivity index (χ0v) is 18.0. The summed E-state index contributed by atoms with van der Waals surface area (Å²) in [5, 5.41) is 10.4. The van der Waals surface area contributed by atoms with Crippen LogP contribution in [-0.4, -0.2) is 20.4 Å². The molecule has 0 saturated heterocycles. The summed E-state index contributed by atoms with van der Waals surface area (Å²) in [6.45, 7) is 0. The average molecular weight is 385 g/mol. The molecule has 2 aliphatic rings. The second-order valence-corrected chi connectivity index (χ2v) is 8.79. The number of hydrogen-bond acceptors (Lipinski definition) is 4. The molecule has 2 saturated carbocycles. The van der Waals surface area contributed by atoms with Crippen molar-refractivity contribution in [1.82, 2.24) is 4.72 Å². The van der Waals surface area contributed by atoms with E-state index in [0.717, 1.165) is 19.3 Å². The van der Waals surface area contributed by atoms with Crippen LogP contribution in [0.1, 0.15) is 38.5 Å². The van der Waals surface area contributed by atoms with Gasteiger partial charge in [0.25, 0.3) is 0 Å². The first-order valence-corrected chi connectivity index (χ1v) is 10.4. The van der Waals surface area contributed by atoms with Crippen molar-refractivity contribution < 1.29 is 47.9 Å². The van der Waals surface area contributed by atoms with Gasteiger partial charge in [-0.25, -0.2) is 13.1 Å². The number of hydrogen-bond donors (Lipinski definition) is 1. The molecular weight excluding hydrogens is 361 g/mol. The number of carboxylic acid groups (broad SMARTS) is 1. The summed E-state index contributed by atoms with van der Waals surface area (Å²) in [6.07, 6.45) is 8.42. The van der Waals surface area contributed by atoms with Crippen molar-refractivity contribution in [3.8, 4) is 0 Å². The SMILES string of the molecule is O=C([O-])CCC/C=C\C[C@H]1[C@@H]2C[C@@H]2C[C@@H]1NS(=O)(=O)c1ccccc1.[Na+]. The molecule has 0 bridgehead atoms. The monoisotopic (exact) mass is 385 g/mol. The normalized spacial score (nSPS) is 27.1. The molecule has 7 heteroatoms. The minimum atomic E-state index is -3.47. The molecule has 0 amide bonds. The van der Waals surface area contributed by atoms with E-state index >= 15 is 0 Å². The van der Waals surface area contributed by atoms with Gasteiger partial charge in [0.1, 0.15) is 0 Å². The van der Waals surface area contributed by atoms with Crippen LogP contribution in [-0.2, 0) is 14.8 Å². The van der Waals surface area contributed by atoms with Gasteiger partial charge >= 0.3 is 29.6 Å². The van der Waals surface area contributed by atoms with Crippen molar-refractivity contribution in [2.24, 2.45) is 17.8 Å². The predicted octanol–water partition coefficient (Wildman–Crippen LogP) is -1.14. The smallest absolute Gasteiger partial charge is 0.550 e. The number of nitrogens with one attached hydrogen (secondary N) is 1. The van der Waals surface area contributed by atoms with Crippen LogP contribution in [0, 0.1) is 17.8 Å². The van der Waals surface area contributed by atoms with Crippen molar-refractivity contribution >= 4 is 16.0 Å². The van der Waals surface area contributed by atoms with Gasteiger partial charge in [-0.2, -0.15) is 0 Å². The third-order valence-corrected chi connectivity index (χ3v) is 6.79. The number of rotatable bonds is 9. The van der Waals surface area contributed by atoms with E-state index in [1.165, 1.54) is 6.42 Å². The number of benzene rings is 1. The van der Waals surface area contributed by atoms with Crippen molar-refractivity contribution in [3.63, 3.8) is 0 Å². The fourth-order valence-corrected chi connectivity index (χ4v) is 5.26. The molecule has 5 nitrogen and oxygen atoms in total. The van der Waals surface area contributed by atoms with Crippen molar-refractivity contribution in [3.05, 3.63) is 42.5 Å². The van der Waals surface area contributed by atoms with Gasteiger partial charge in [-0.3, -0.25) is 0 Å². The largest absolute Gasteiger partial charge is 1.00 e. The second-order valence-electron chi connectivity index (χ2n) is 7.07. The first kappa shape index (κ1) is 21.6. The van der Waals surface area contributed by atoms with Crippen molar-refractivity contribution in [2.45, 2.75) is 49.5 Å². The van der Waals surface area contributed by atoms with E-state index < -0.39 is 16.0 Å². The molecule has 0 spiro atoms. The molecule has 0 heterocycles. The van der Waals surface area contributed by atoms with Crippen LogP contribution in [0.2, 0.25) is 0 Å². The van der Waals surface area contributed by atoms with Crippen LogP contribution in [0.4, 0.5) is 0 Å². The van der Waals surface area contributed by atoms with Crippen LogP contribution in [0.5, 0.6) is 0 Å². The maximum Gasteiger partial charge on any atom is 1.00 e. The summed E-state index contributed by atoms with van der Waals surface area (Å²) in [5.74, 6) is 0.595. The summed E-state index contributed by atoms with van der Waals surface area (Å²) < 4.78 is 28.0. The molecule has 0 unspecified atom stereocenters. The Labute approximate surface area is 177 Å². The Balaban J connectivity index is 0.00000243. The molecule has 1 aromatic carbocycles. The predicted molar refractivity (Wildman–Crippen MR) is 92.9 cm³/mol. The Morgan fingerprint density at radius 1 is 1.19 bits per heavy atom. The van der Waals surface area contributed by atoms with E-state index in [-0.39, 0.29) is 42.0 Å². The fraction of sp³-hybridized carbons (Fsp3) is 0.526. The molecule has 0 aromatic heterocycles. The fourth-order valence-electron chi connectivity index (χ4n) is 3.94. The van der Waals surface area contributed by atoms with E-state index in [9.17, 15) is 18.3 Å². The third-order valence-electron chi connectivity index (χ3n) is 5.29. The zero-order valence-electron chi connectivity index (χ0n) is 15.1. The minimum absolute atomic E-state index is 0. The number of carboxylic acids is 1. The van der Waals surface area contributed by atoms with Gasteiger partial charge in [-0.15, -0.1) is 0 Å². The van der Waals surface area contributed by atoms with Gasteiger partial charge < -0.3 is 9.90 Å². The number of allylic oxidation sites excluding steroid dienone is 2. The first-order chi connectivity index (χ1) is 12.0. The van der Waals surface area contributed by atoms with Gasteiger partial charge in [-0.1, -0.05) is 30.4 Å². The Hall–Kier alpha value is -0.660. The third kappa shape index (κ3) is 5.67. The molecule has 4 atom stereocenters. The molecule has 26 heavy (non-hydrogen) atoms. The van der Waals surface area contributed by atoms with Crippen LogP contribution >= 0.6 is 0 Å². The van der Waals surface area contributed by atoms with Crippen molar-refractivity contribution in [1.29, 1.82) is 0 Å². The number of carbonyl (C=O) groups excluding carboxylic acids is 1. The molecule has 136 valence electrons. The molecule has 2 fully saturated rings. The maximum atomic E-state index is 12.5. The van der Waals surface area contributed by atoms with Gasteiger partial charge in [-0.05, 0) is 68.4 Å². The summed E-state index contributed by atoms with van der Waals surface area (Å²) in [7, 11) is -3.47. The van der Waals surface area contributed by atoms with Gasteiger partial charge in [0.15, 0.2) is 0 Å². The van der Waals surface area contributed by atoms with E-state index in [0.29, 0.717) is 29.1 Å². The standard InChI is InChI=1S/C19H25NO4S.Na/c21-19(22)11-7-2-1-6-10-16-17-12-14(17)13-18(16)20-25(23,24)15-8-4-3-5-9-15;/h1,3-6,8-9,14,16-18,20H,2,7,10-13H2,(H,21,22);/q;+1/p-1/b6-1-;/t14-,16+,17-,18+;/m1./s1. The summed E-state index contributed by atoms with van der Waals surface area (Å²) >= 11 is 0. The topological polar surface area (TPSA) is 86.3 Å². The van der Waals surface area contributed by atoms with Gasteiger partial charge in [0, 0.05) is 12.0 Å². The summed E-state index contributed by atoms with van der Waals surface area (Å²) in [4.78, 5) is 10.7. The van der Waals surface area contributed by atoms with E-state index in [2.05, 4.69) is 10.8 Å². The zero-order chi connectivity index (χ0) is 17.9. The molecule has 3 rings (SSSR count). The molecule has 0 radical (unpaired) electrons. The Morgan fingerprint density at radius 2 is 1.92 bits per heavy atom. The molecule has 0 aliphatic heterocycles. The first-order valence-electron chi connectivity index (χ1n) is 8.89. The quantitative estimate of drug-likeness (QED) is 0.331. The van der Waals surface area contributed by atoms with Gasteiger partial charge in [0.05, 0.1) is 4.90 Å². The van der Waals surface area contributed by atoms with E-state index in [1.807, 2.05) is 6.08 Å². The number of aliphatic carboxylic acids is 1. The minimum Gasteiger partial charge on any atom is -0.550 e. The van der Waals surface area contributed by atoms with E-state index in [4.69, 9.17) is 0 Å². The van der Waals surface area contributed by atoms with Crippen LogP contribution in [0.3, 0.4) is 0 Å². The summed E-state index contributed by atoms with van der Waals surface area (Å²) in [5.41, 5.74) is 0. The van der Waals surface area contributed by atoms with Gasteiger partial charge in [0.2, 0.25) is 10.0 Å². The molecular formula is C19H24NNaO4S. The number of sulfonamides is 1. The Morgan fingerprint density at radius 3 is 2.62 bits per heavy atom. The molecule has 2 aliphatic carbocycles. The van der Waals surface area contributed by atoms with Crippen LogP contribution < -0.4 is 39.4 Å². The Kier molecular flexibility index (Phi) is 7.91. The second kappa shape index (κ2) is 9.51. The van der Waals surface area contributed by atoms with Crippen molar-refractivity contribution in [2.75, 3.05) is 0 Å². The maximum absolute atomic E-state index is 12.5.